The molecule has 2 unspecified atom stereocenters. The van der Waals surface area contributed by atoms with Gasteiger partial charge in [-0.1, -0.05) is 12.8 Å². The van der Waals surface area contributed by atoms with Crippen LogP contribution in [0.5, 0.6) is 0 Å². The second kappa shape index (κ2) is 6.71. The summed E-state index contributed by atoms with van der Waals surface area (Å²) in [5.74, 6) is 0.719. The number of hydrogen-bond donors (Lipinski definition) is 1. The molecule has 1 fully saturated rings. The van der Waals surface area contributed by atoms with E-state index in [9.17, 15) is 0 Å². The Morgan fingerprint density at radius 3 is 2.25 bits per heavy atom. The fourth-order valence-electron chi connectivity index (χ4n) is 2.53. The normalized spacial score (nSPS) is 27.0. The van der Waals surface area contributed by atoms with Crippen molar-refractivity contribution in [1.29, 1.82) is 0 Å². The molecule has 0 amide bonds. The van der Waals surface area contributed by atoms with Crippen LogP contribution in [-0.4, -0.2) is 36.2 Å². The van der Waals surface area contributed by atoms with Crippen LogP contribution in [0.25, 0.3) is 0 Å². The molecule has 1 rings (SSSR count). The van der Waals surface area contributed by atoms with Gasteiger partial charge < -0.3 is 19.0 Å². The van der Waals surface area contributed by atoms with Crippen molar-refractivity contribution >= 4 is 8.80 Å². The average Bonchev–Trinajstić information content (AvgIpc) is 2.32. The smallest absolute Gasteiger partial charge is 0.377 e. The molecule has 16 heavy (non-hydrogen) atoms. The molecule has 0 heterocycles. The van der Waals surface area contributed by atoms with Gasteiger partial charge in [-0.25, -0.2) is 0 Å². The third kappa shape index (κ3) is 3.82. The summed E-state index contributed by atoms with van der Waals surface area (Å²) in [4.78, 5) is 0. The van der Waals surface area contributed by atoms with Crippen molar-refractivity contribution in [2.75, 3.05) is 21.3 Å². The Balaban J connectivity index is 2.36. The van der Waals surface area contributed by atoms with E-state index in [4.69, 9.17) is 19.0 Å². The fourth-order valence-corrected chi connectivity index (χ4v) is 4.41. The molecule has 0 bridgehead atoms. The van der Waals surface area contributed by atoms with Gasteiger partial charge in [0.15, 0.2) is 0 Å². The van der Waals surface area contributed by atoms with Crippen LogP contribution in [0.15, 0.2) is 0 Å². The van der Waals surface area contributed by atoms with E-state index in [0.29, 0.717) is 6.04 Å². The van der Waals surface area contributed by atoms with E-state index >= 15 is 0 Å². The first-order valence-electron chi connectivity index (χ1n) is 6.07. The molecule has 1 saturated carbocycles. The van der Waals surface area contributed by atoms with Gasteiger partial charge in [0.25, 0.3) is 0 Å². The maximum atomic E-state index is 5.98. The highest BCUT2D eigenvalue weighted by Gasteiger charge is 2.38. The minimum atomic E-state index is -2.36. The van der Waals surface area contributed by atoms with Gasteiger partial charge in [-0.15, -0.1) is 0 Å². The standard InChI is InChI=1S/C11H25NO3Si/c1-13-16(14-2,15-3)8-7-10-5-4-6-11(12)9-10/h10-11H,4-9,12H2,1-3H3. The first-order chi connectivity index (χ1) is 7.65. The van der Waals surface area contributed by atoms with Gasteiger partial charge in [0.1, 0.15) is 0 Å². The van der Waals surface area contributed by atoms with E-state index in [1.165, 1.54) is 19.3 Å². The lowest BCUT2D eigenvalue weighted by atomic mass is 9.85. The monoisotopic (exact) mass is 247 g/mol. The van der Waals surface area contributed by atoms with E-state index in [0.717, 1.165) is 24.8 Å². The molecule has 5 heteroatoms. The summed E-state index contributed by atoms with van der Waals surface area (Å²) in [6.45, 7) is 0. The molecule has 0 spiro atoms. The molecule has 0 saturated heterocycles. The van der Waals surface area contributed by atoms with E-state index in [2.05, 4.69) is 0 Å². The van der Waals surface area contributed by atoms with Gasteiger partial charge in [-0.2, -0.15) is 0 Å². The molecule has 4 nitrogen and oxygen atoms in total. The lowest BCUT2D eigenvalue weighted by Gasteiger charge is -2.30. The Labute approximate surface area is 99.8 Å². The molecule has 0 radical (unpaired) electrons. The van der Waals surface area contributed by atoms with Crippen LogP contribution in [0.4, 0.5) is 0 Å². The summed E-state index contributed by atoms with van der Waals surface area (Å²) in [5, 5.41) is 0. The second-order valence-electron chi connectivity index (χ2n) is 4.63. The second-order valence-corrected chi connectivity index (χ2v) is 7.72. The fraction of sp³-hybridized carbons (Fsp3) is 1.00. The van der Waals surface area contributed by atoms with Gasteiger partial charge >= 0.3 is 8.80 Å². The van der Waals surface area contributed by atoms with E-state index in [-0.39, 0.29) is 0 Å². The van der Waals surface area contributed by atoms with Crippen LogP contribution in [0.1, 0.15) is 32.1 Å². The van der Waals surface area contributed by atoms with Crippen LogP contribution >= 0.6 is 0 Å². The van der Waals surface area contributed by atoms with Gasteiger partial charge in [0.05, 0.1) is 0 Å². The minimum Gasteiger partial charge on any atom is -0.377 e. The van der Waals surface area contributed by atoms with Gasteiger partial charge in [-0.3, -0.25) is 0 Å². The van der Waals surface area contributed by atoms with Crippen LogP contribution in [-0.2, 0) is 13.3 Å². The topological polar surface area (TPSA) is 53.7 Å². The zero-order valence-electron chi connectivity index (χ0n) is 10.7. The van der Waals surface area contributed by atoms with Crippen LogP contribution < -0.4 is 5.73 Å². The predicted octanol–water partition coefficient (Wildman–Crippen LogP) is 1.77. The van der Waals surface area contributed by atoms with Gasteiger partial charge in [0.2, 0.25) is 0 Å². The van der Waals surface area contributed by atoms with Crippen molar-refractivity contribution in [2.45, 2.75) is 44.2 Å². The quantitative estimate of drug-likeness (QED) is 0.727. The number of nitrogens with two attached hydrogens (primary N) is 1. The molecule has 96 valence electrons. The number of rotatable bonds is 6. The molecule has 1 aliphatic rings. The average molecular weight is 247 g/mol. The molecule has 2 atom stereocenters. The summed E-state index contributed by atoms with van der Waals surface area (Å²) in [6, 6.07) is 1.29. The summed E-state index contributed by atoms with van der Waals surface area (Å²) < 4.78 is 16.3. The van der Waals surface area contributed by atoms with E-state index in [1.54, 1.807) is 21.3 Å². The highest BCUT2D eigenvalue weighted by Crippen LogP contribution is 2.29. The highest BCUT2D eigenvalue weighted by atomic mass is 28.4. The Kier molecular flexibility index (Phi) is 5.92. The lowest BCUT2D eigenvalue weighted by Crippen LogP contribution is -2.43. The van der Waals surface area contributed by atoms with Crippen LogP contribution in [0.3, 0.4) is 0 Å². The largest absolute Gasteiger partial charge is 0.500 e. The lowest BCUT2D eigenvalue weighted by molar-refractivity contribution is 0.120. The molecule has 0 aliphatic heterocycles. The Bertz CT molecular complexity index is 191. The zero-order chi connectivity index (χ0) is 12.0. The molecule has 2 N–H and O–H groups in total. The van der Waals surface area contributed by atoms with Gasteiger partial charge in [-0.05, 0) is 25.2 Å². The van der Waals surface area contributed by atoms with Crippen molar-refractivity contribution in [3.63, 3.8) is 0 Å². The highest BCUT2D eigenvalue weighted by molar-refractivity contribution is 6.60. The van der Waals surface area contributed by atoms with E-state index < -0.39 is 8.80 Å². The minimum absolute atomic E-state index is 0.391. The molecule has 0 aromatic heterocycles. The van der Waals surface area contributed by atoms with Crippen molar-refractivity contribution in [3.8, 4) is 0 Å². The first-order valence-corrected chi connectivity index (χ1v) is 8.00. The molecule has 0 aromatic rings. The molecule has 0 aromatic carbocycles. The summed E-state index contributed by atoms with van der Waals surface area (Å²) in [7, 11) is 2.65. The third-order valence-corrected chi connectivity index (χ3v) is 6.38. The molecule has 1 aliphatic carbocycles. The molecular weight excluding hydrogens is 222 g/mol. The number of hydrogen-bond acceptors (Lipinski definition) is 4. The Morgan fingerprint density at radius 1 is 1.12 bits per heavy atom. The van der Waals surface area contributed by atoms with Crippen LogP contribution in [0, 0.1) is 5.92 Å². The van der Waals surface area contributed by atoms with Crippen molar-refractivity contribution in [3.05, 3.63) is 0 Å². The first kappa shape index (κ1) is 14.1. The van der Waals surface area contributed by atoms with Gasteiger partial charge in [0, 0.05) is 33.4 Å². The zero-order valence-corrected chi connectivity index (χ0v) is 11.7. The van der Waals surface area contributed by atoms with E-state index in [1.807, 2.05) is 0 Å². The maximum absolute atomic E-state index is 5.98. The molecular formula is C11H25NO3Si. The summed E-state index contributed by atoms with van der Waals surface area (Å²) in [6.07, 6.45) is 5.97. The summed E-state index contributed by atoms with van der Waals surface area (Å²) >= 11 is 0. The summed E-state index contributed by atoms with van der Waals surface area (Å²) in [5.41, 5.74) is 5.98. The van der Waals surface area contributed by atoms with Crippen molar-refractivity contribution in [1.82, 2.24) is 0 Å². The van der Waals surface area contributed by atoms with Crippen molar-refractivity contribution in [2.24, 2.45) is 11.7 Å². The van der Waals surface area contributed by atoms with Crippen molar-refractivity contribution < 1.29 is 13.3 Å². The Hall–Kier alpha value is 0.0569. The SMILES string of the molecule is CO[Si](CCC1CCCC(N)C1)(OC)OC. The Morgan fingerprint density at radius 2 is 1.75 bits per heavy atom. The maximum Gasteiger partial charge on any atom is 0.500 e. The predicted molar refractivity (Wildman–Crippen MR) is 66.1 cm³/mol. The van der Waals surface area contributed by atoms with Crippen LogP contribution in [0.2, 0.25) is 6.04 Å². The third-order valence-electron chi connectivity index (χ3n) is 3.62.